The Morgan fingerprint density at radius 3 is 2.35 bits per heavy atom. The smallest absolute Gasteiger partial charge is 0.371 e. The van der Waals surface area contributed by atoms with E-state index in [1.165, 1.54) is 0 Å². The predicted molar refractivity (Wildman–Crippen MR) is 67.6 cm³/mol. The van der Waals surface area contributed by atoms with Gasteiger partial charge >= 0.3 is 6.18 Å². The van der Waals surface area contributed by atoms with Crippen LogP contribution in [-0.4, -0.2) is 24.2 Å². The van der Waals surface area contributed by atoms with Gasteiger partial charge in [0.2, 0.25) is 0 Å². The molecule has 3 saturated carbocycles. The maximum absolute atomic E-state index is 13.2. The van der Waals surface area contributed by atoms with Crippen LogP contribution in [0, 0.1) is 41.4 Å². The lowest BCUT2D eigenvalue weighted by Gasteiger charge is -2.38. The number of halogens is 3. The largest absolute Gasteiger partial charge is 0.415 e. The van der Waals surface area contributed by atoms with Gasteiger partial charge in [0.05, 0.1) is 0 Å². The van der Waals surface area contributed by atoms with Gasteiger partial charge in [0.1, 0.15) is 6.79 Å². The number of hydrogen-bond acceptors (Lipinski definition) is 2. The van der Waals surface area contributed by atoms with Crippen molar-refractivity contribution in [3.8, 4) is 0 Å². The van der Waals surface area contributed by atoms with E-state index in [0.29, 0.717) is 36.0 Å². The van der Waals surface area contributed by atoms with Crippen LogP contribution in [0.1, 0.15) is 33.1 Å². The number of aliphatic hydroxyl groups excluding tert-OH is 1. The van der Waals surface area contributed by atoms with E-state index in [-0.39, 0.29) is 5.92 Å². The van der Waals surface area contributed by atoms with Gasteiger partial charge in [0.25, 0.3) is 0 Å². The summed E-state index contributed by atoms with van der Waals surface area (Å²) >= 11 is 0. The third-order valence-electron chi connectivity index (χ3n) is 6.21. The first-order valence-electron chi connectivity index (χ1n) is 7.63. The third-order valence-corrected chi connectivity index (χ3v) is 6.21. The number of aliphatic hydroxyl groups is 1. The Hall–Kier alpha value is -0.290. The number of hydrogen-bond donors (Lipinski definition) is 1. The Kier molecular flexibility index (Phi) is 3.57. The molecule has 8 atom stereocenters. The highest BCUT2D eigenvalue weighted by atomic mass is 19.4. The Morgan fingerprint density at radius 2 is 1.75 bits per heavy atom. The molecule has 1 N–H and O–H groups in total. The molecule has 5 heteroatoms. The van der Waals surface area contributed by atoms with Crippen LogP contribution in [0.5, 0.6) is 0 Å². The molecule has 0 heterocycles. The second-order valence-electron chi connectivity index (χ2n) is 7.16. The van der Waals surface area contributed by atoms with Crippen molar-refractivity contribution in [3.63, 3.8) is 0 Å². The van der Waals surface area contributed by atoms with Crippen molar-refractivity contribution >= 4 is 0 Å². The van der Waals surface area contributed by atoms with Crippen molar-refractivity contribution in [2.75, 3.05) is 6.79 Å². The highest BCUT2D eigenvalue weighted by Gasteiger charge is 2.62. The number of rotatable bonds is 3. The molecule has 0 amide bonds. The van der Waals surface area contributed by atoms with E-state index in [9.17, 15) is 13.2 Å². The quantitative estimate of drug-likeness (QED) is 0.807. The molecule has 0 aromatic carbocycles. The fourth-order valence-corrected chi connectivity index (χ4v) is 5.94. The topological polar surface area (TPSA) is 29.5 Å². The van der Waals surface area contributed by atoms with Gasteiger partial charge in [-0.25, -0.2) is 0 Å². The van der Waals surface area contributed by atoms with Crippen molar-refractivity contribution < 1.29 is 23.0 Å². The van der Waals surface area contributed by atoms with Gasteiger partial charge in [0.15, 0.2) is 6.10 Å². The number of ether oxygens (including phenoxy) is 1. The lowest BCUT2D eigenvalue weighted by molar-refractivity contribution is -0.259. The zero-order chi connectivity index (χ0) is 14.7. The van der Waals surface area contributed by atoms with Gasteiger partial charge in [-0.15, -0.1) is 0 Å². The Labute approximate surface area is 117 Å². The maximum Gasteiger partial charge on any atom is 0.415 e. The molecule has 0 aliphatic heterocycles. The summed E-state index contributed by atoms with van der Waals surface area (Å²) in [6, 6.07) is 0. The maximum atomic E-state index is 13.2. The minimum Gasteiger partial charge on any atom is -0.371 e. The van der Waals surface area contributed by atoms with E-state index in [0.717, 1.165) is 12.8 Å². The van der Waals surface area contributed by atoms with Crippen molar-refractivity contribution in [1.82, 2.24) is 0 Å². The summed E-state index contributed by atoms with van der Waals surface area (Å²) < 4.78 is 44.2. The fourth-order valence-electron chi connectivity index (χ4n) is 5.94. The lowest BCUT2D eigenvalue weighted by Crippen LogP contribution is -2.44. The summed E-state index contributed by atoms with van der Waals surface area (Å²) in [7, 11) is 0. The molecule has 2 bridgehead atoms. The molecule has 0 aromatic heterocycles. The van der Waals surface area contributed by atoms with Crippen LogP contribution in [-0.2, 0) is 4.74 Å². The lowest BCUT2D eigenvalue weighted by atomic mass is 9.70. The Balaban J connectivity index is 1.81. The van der Waals surface area contributed by atoms with Crippen molar-refractivity contribution in [3.05, 3.63) is 0 Å². The summed E-state index contributed by atoms with van der Waals surface area (Å²) in [5.74, 6) is 2.33. The van der Waals surface area contributed by atoms with E-state index in [1.807, 2.05) is 0 Å². The van der Waals surface area contributed by atoms with Gasteiger partial charge in [-0.3, -0.25) is 0 Å². The van der Waals surface area contributed by atoms with Crippen LogP contribution >= 0.6 is 0 Å². The van der Waals surface area contributed by atoms with Crippen LogP contribution in [0.3, 0.4) is 0 Å². The van der Waals surface area contributed by atoms with Crippen molar-refractivity contribution in [2.45, 2.75) is 45.4 Å². The van der Waals surface area contributed by atoms with E-state index in [4.69, 9.17) is 5.11 Å². The third kappa shape index (κ3) is 2.08. The number of alkyl halides is 3. The normalized spacial score (nSPS) is 48.6. The van der Waals surface area contributed by atoms with Crippen LogP contribution in [0.15, 0.2) is 0 Å². The van der Waals surface area contributed by atoms with Gasteiger partial charge in [-0.2, -0.15) is 13.2 Å². The molecule has 20 heavy (non-hydrogen) atoms. The Bertz CT molecular complexity index is 371. The van der Waals surface area contributed by atoms with E-state index in [2.05, 4.69) is 18.6 Å². The molecule has 0 radical (unpaired) electrons. The molecule has 3 rings (SSSR count). The first kappa shape index (κ1) is 14.6. The summed E-state index contributed by atoms with van der Waals surface area (Å²) in [6.07, 6.45) is -3.47. The second kappa shape index (κ2) is 4.87. The molecule has 0 aromatic rings. The van der Waals surface area contributed by atoms with Crippen LogP contribution < -0.4 is 0 Å². The first-order chi connectivity index (χ1) is 9.34. The first-order valence-corrected chi connectivity index (χ1v) is 7.63. The molecule has 3 aliphatic carbocycles. The fraction of sp³-hybridized carbons (Fsp3) is 1.00. The molecule has 0 spiro atoms. The predicted octanol–water partition coefficient (Wildman–Crippen LogP) is 3.45. The standard InChI is InChI=1S/C15H23F3O2/c1-7-3-8(2)13-10-4-9(12(7)13)5-11(10)14(20-6-19)15(16,17)18/h7-14,19H,3-6H2,1-2H3. The van der Waals surface area contributed by atoms with E-state index in [1.54, 1.807) is 0 Å². The average Bonchev–Trinajstić information content (AvgIpc) is 2.97. The summed E-state index contributed by atoms with van der Waals surface area (Å²) in [5.41, 5.74) is 0. The molecular weight excluding hydrogens is 269 g/mol. The molecule has 0 saturated heterocycles. The molecule has 2 nitrogen and oxygen atoms in total. The van der Waals surface area contributed by atoms with Gasteiger partial charge in [-0.1, -0.05) is 13.8 Å². The van der Waals surface area contributed by atoms with Gasteiger partial charge in [0, 0.05) is 0 Å². The minimum absolute atomic E-state index is 0.128. The van der Waals surface area contributed by atoms with Gasteiger partial charge < -0.3 is 9.84 Å². The summed E-state index contributed by atoms with van der Waals surface area (Å²) in [6.45, 7) is 3.59. The van der Waals surface area contributed by atoms with Crippen LogP contribution in [0.25, 0.3) is 0 Å². The zero-order valence-electron chi connectivity index (χ0n) is 11.9. The van der Waals surface area contributed by atoms with Crippen molar-refractivity contribution in [2.24, 2.45) is 41.4 Å². The SMILES string of the molecule is CC1CC(C)C2C3CC(CC3C(OCO)C(F)(F)F)C12. The highest BCUT2D eigenvalue weighted by Crippen LogP contribution is 2.65. The van der Waals surface area contributed by atoms with Crippen LogP contribution in [0.4, 0.5) is 13.2 Å². The molecule has 8 unspecified atom stereocenters. The van der Waals surface area contributed by atoms with E-state index >= 15 is 0 Å². The second-order valence-corrected chi connectivity index (χ2v) is 7.16. The zero-order valence-corrected chi connectivity index (χ0v) is 11.9. The summed E-state index contributed by atoms with van der Waals surface area (Å²) in [4.78, 5) is 0. The van der Waals surface area contributed by atoms with Crippen LogP contribution in [0.2, 0.25) is 0 Å². The van der Waals surface area contributed by atoms with Gasteiger partial charge in [-0.05, 0) is 60.7 Å². The minimum atomic E-state index is -4.37. The highest BCUT2D eigenvalue weighted by molar-refractivity contribution is 5.08. The monoisotopic (exact) mass is 292 g/mol. The summed E-state index contributed by atoms with van der Waals surface area (Å²) in [5, 5.41) is 8.79. The average molecular weight is 292 g/mol. The molecule has 3 fully saturated rings. The van der Waals surface area contributed by atoms with E-state index < -0.39 is 25.0 Å². The Morgan fingerprint density at radius 1 is 1.10 bits per heavy atom. The molecular formula is C15H23F3O2. The number of fused-ring (bicyclic) bond motifs is 5. The van der Waals surface area contributed by atoms with Crippen molar-refractivity contribution in [1.29, 1.82) is 0 Å². The molecule has 116 valence electrons. The molecule has 3 aliphatic rings.